The van der Waals surface area contributed by atoms with Crippen LogP contribution in [-0.4, -0.2) is 173 Å². The Kier molecular flexibility index (Phi) is 9.94. The normalized spacial score (nSPS) is 12.6. The van der Waals surface area contributed by atoms with E-state index in [1.807, 2.05) is 0 Å². The molecule has 0 saturated heterocycles. The van der Waals surface area contributed by atoms with Gasteiger partial charge in [-0.25, -0.2) is 19.9 Å². The van der Waals surface area contributed by atoms with Crippen molar-refractivity contribution in [2.24, 2.45) is 0 Å². The third-order valence-corrected chi connectivity index (χ3v) is 12.0. The molecular formula is C44H24N24O8. The molecule has 32 heteroatoms. The molecule has 0 radical (unpaired) electrons. The first-order chi connectivity index (χ1) is 37.1. The summed E-state index contributed by atoms with van der Waals surface area (Å²) in [6, 6.07) is 20.8. The van der Waals surface area contributed by atoms with Crippen LogP contribution in [0.1, 0.15) is 64.2 Å². The molecule has 0 N–H and O–H groups in total. The molecule has 0 fully saturated rings. The fourth-order valence-corrected chi connectivity index (χ4v) is 8.47. The zero-order chi connectivity index (χ0) is 51.9. The van der Waals surface area contributed by atoms with E-state index in [1.165, 1.54) is 9.26 Å². The Morgan fingerprint density at radius 1 is 0.303 bits per heavy atom. The van der Waals surface area contributed by atoms with Gasteiger partial charge in [0.25, 0.3) is 23.1 Å². The largest absolute Gasteiger partial charge is 0.497 e. The summed E-state index contributed by atoms with van der Waals surface area (Å²) >= 11 is 0. The molecule has 0 saturated carbocycles. The highest BCUT2D eigenvalue weighted by Crippen LogP contribution is 2.39. The minimum Gasteiger partial charge on any atom is -0.497 e. The topological polar surface area (TPSA) is 381 Å². The molecular weight excluding hydrogens is 993 g/mol. The van der Waals surface area contributed by atoms with Gasteiger partial charge in [-0.15, -0.1) is 20.4 Å². The van der Waals surface area contributed by atoms with Gasteiger partial charge >= 0.3 is 0 Å². The second-order valence-corrected chi connectivity index (χ2v) is 16.1. The van der Waals surface area contributed by atoms with Crippen molar-refractivity contribution in [3.05, 3.63) is 118 Å². The summed E-state index contributed by atoms with van der Waals surface area (Å²) < 4.78 is 25.2. The smallest absolute Gasteiger partial charge is 0.292 e. The summed E-state index contributed by atoms with van der Waals surface area (Å²) in [5.74, 6) is 2.70. The molecule has 0 amide bonds. The van der Waals surface area contributed by atoms with Gasteiger partial charge in [0, 0.05) is 44.5 Å². The van der Waals surface area contributed by atoms with E-state index in [2.05, 4.69) is 102 Å². The predicted octanol–water partition coefficient (Wildman–Crippen LogP) is 0.537. The van der Waals surface area contributed by atoms with Crippen molar-refractivity contribution < 1.29 is 38.1 Å². The van der Waals surface area contributed by atoms with Gasteiger partial charge in [0.05, 0.1) is 28.4 Å². The maximum Gasteiger partial charge on any atom is 0.292 e. The summed E-state index contributed by atoms with van der Waals surface area (Å²) in [6.45, 7) is 0. The maximum absolute atomic E-state index is 12.3. The molecule has 76 heavy (non-hydrogen) atoms. The van der Waals surface area contributed by atoms with Gasteiger partial charge in [-0.1, -0.05) is 38.9 Å². The molecule has 8 heterocycles. The molecule has 4 aliphatic rings. The minimum atomic E-state index is -0.200. The number of ether oxygens (including phenoxy) is 4. The van der Waals surface area contributed by atoms with E-state index in [0.29, 0.717) is 84.7 Å². The average molecular weight is 1020 g/mol. The minimum absolute atomic E-state index is 0.175. The Morgan fingerprint density at radius 2 is 0.579 bits per heavy atom. The van der Waals surface area contributed by atoms with E-state index in [9.17, 15) is 19.2 Å². The van der Waals surface area contributed by atoms with Gasteiger partial charge in [-0.05, 0) is 115 Å². The molecule has 0 unspecified atom stereocenters. The fraction of sp³-hybridized carbons (Fsp3) is 0.0909. The number of tetrazole rings is 4. The van der Waals surface area contributed by atoms with Gasteiger partial charge in [-0.2, -0.15) is 0 Å². The first kappa shape index (κ1) is 44.3. The fourth-order valence-electron chi connectivity index (χ4n) is 8.47. The van der Waals surface area contributed by atoms with Crippen molar-refractivity contribution in [1.29, 1.82) is 0 Å². The zero-order valence-electron chi connectivity index (χ0n) is 38.9. The first-order valence-electron chi connectivity index (χ1n) is 21.9. The molecule has 8 aromatic heterocycles. The third kappa shape index (κ3) is 6.92. The molecule has 16 rings (SSSR count). The lowest BCUT2D eigenvalue weighted by Crippen LogP contribution is -2.06. The highest BCUT2D eigenvalue weighted by atomic mass is 16.5. The molecule has 0 spiro atoms. The average Bonchev–Trinajstić information content (AvgIpc) is 4.37. The van der Waals surface area contributed by atoms with Gasteiger partial charge in [-0.3, -0.25) is 19.2 Å². The standard InChI is InChI=1S/4C11H6N6O2/c1-19-5-2-3-6-7(4-5)8-9(10(6)18)12-11-13-15-16-17(11)14-8;1-19-5-2-3-6-7(4-5)8-9(10(6)18)14-17-11(12-8)13-15-16-17;1-19-5-2-3-6-7(4-5)10(18)9-8(6)14-17-11(12-9)13-15-16-17;1-19-5-2-3-6-7(4-5)10(18)9-8(6)12-11-13-15-16-17(11)14-9/h4*2-4H,1H3. The molecule has 4 aliphatic carbocycles. The van der Waals surface area contributed by atoms with Crippen molar-refractivity contribution in [3.63, 3.8) is 0 Å². The summed E-state index contributed by atoms with van der Waals surface area (Å²) in [7, 11) is 6.23. The number of carbonyl (C=O) groups excluding carboxylic acids is 4. The molecule has 0 atom stereocenters. The molecule has 12 aromatic rings. The first-order valence-corrected chi connectivity index (χ1v) is 21.9. The summed E-state index contributed by atoms with van der Waals surface area (Å²) in [4.78, 5) is 65.8. The Labute approximate surface area is 418 Å². The van der Waals surface area contributed by atoms with Crippen LogP contribution in [0.3, 0.4) is 0 Å². The quantitative estimate of drug-likeness (QED) is 0.232. The van der Waals surface area contributed by atoms with E-state index < -0.39 is 0 Å². The number of ketones is 4. The van der Waals surface area contributed by atoms with Gasteiger partial charge < -0.3 is 18.9 Å². The van der Waals surface area contributed by atoms with E-state index in [-0.39, 0.29) is 69.0 Å². The number of rotatable bonds is 4. The van der Waals surface area contributed by atoms with Gasteiger partial charge in [0.15, 0.2) is 11.4 Å². The van der Waals surface area contributed by atoms with Crippen LogP contribution in [0.2, 0.25) is 0 Å². The summed E-state index contributed by atoms with van der Waals surface area (Å²) in [5, 5.41) is 59.9. The maximum atomic E-state index is 12.3. The van der Waals surface area contributed by atoms with Crippen molar-refractivity contribution in [2.45, 2.75) is 0 Å². The number of fused-ring (bicyclic) bond motifs is 16. The van der Waals surface area contributed by atoms with E-state index in [0.717, 1.165) is 14.8 Å². The Hall–Kier alpha value is -11.6. The van der Waals surface area contributed by atoms with E-state index in [1.54, 1.807) is 101 Å². The summed E-state index contributed by atoms with van der Waals surface area (Å²) in [5.41, 5.74) is 7.96. The number of hydrogen-bond donors (Lipinski definition) is 0. The van der Waals surface area contributed by atoms with Crippen LogP contribution in [0, 0.1) is 0 Å². The van der Waals surface area contributed by atoms with Crippen molar-refractivity contribution in [2.75, 3.05) is 28.4 Å². The van der Waals surface area contributed by atoms with Gasteiger partial charge in [0.1, 0.15) is 57.2 Å². The van der Waals surface area contributed by atoms with Crippen LogP contribution >= 0.6 is 0 Å². The zero-order valence-corrected chi connectivity index (χ0v) is 38.9. The van der Waals surface area contributed by atoms with Crippen molar-refractivity contribution in [1.82, 2.24) is 121 Å². The number of carbonyl (C=O) groups is 4. The van der Waals surface area contributed by atoms with Crippen molar-refractivity contribution >= 4 is 46.2 Å². The van der Waals surface area contributed by atoms with Crippen molar-refractivity contribution in [3.8, 4) is 68.0 Å². The van der Waals surface area contributed by atoms with Crippen LogP contribution in [0.15, 0.2) is 72.8 Å². The Bertz CT molecular complexity index is 4210. The van der Waals surface area contributed by atoms with E-state index >= 15 is 0 Å². The van der Waals surface area contributed by atoms with Crippen LogP contribution in [0.5, 0.6) is 23.0 Å². The van der Waals surface area contributed by atoms with E-state index in [4.69, 9.17) is 18.9 Å². The number of benzene rings is 4. The molecule has 368 valence electrons. The molecule has 4 aromatic carbocycles. The Balaban J connectivity index is 0.0000000970. The molecule has 0 aliphatic heterocycles. The SMILES string of the molecule is COc1ccc2c(c1)-c1nc3nnnn3nc1C2=O.COc1ccc2c(c1)-c1nn3nnnc3nc1C2=O.COc1ccc2c(c1)C(=O)c1nc3nnnn3nc1-2.COc1ccc2c(c1)C(=O)c1nn3nnnc3nc1-2. The Morgan fingerprint density at radius 3 is 0.987 bits per heavy atom. The highest BCUT2D eigenvalue weighted by Gasteiger charge is 2.35. The van der Waals surface area contributed by atoms with Crippen LogP contribution in [-0.2, 0) is 0 Å². The summed E-state index contributed by atoms with van der Waals surface area (Å²) in [6.07, 6.45) is 0. The predicted molar refractivity (Wildman–Crippen MR) is 247 cm³/mol. The number of methoxy groups -OCH3 is 4. The lowest BCUT2D eigenvalue weighted by atomic mass is 10.1. The number of hydrogen-bond acceptors (Lipinski definition) is 28. The van der Waals surface area contributed by atoms with Gasteiger partial charge in [0.2, 0.25) is 23.1 Å². The second-order valence-electron chi connectivity index (χ2n) is 16.1. The van der Waals surface area contributed by atoms with Crippen LogP contribution in [0.4, 0.5) is 0 Å². The lowest BCUT2D eigenvalue weighted by Gasteiger charge is -2.02. The van der Waals surface area contributed by atoms with Crippen LogP contribution < -0.4 is 18.9 Å². The highest BCUT2D eigenvalue weighted by molar-refractivity contribution is 6.22. The number of nitrogens with zero attached hydrogens (tertiary/aromatic N) is 24. The third-order valence-electron chi connectivity index (χ3n) is 12.0. The van der Waals surface area contributed by atoms with Crippen LogP contribution in [0.25, 0.3) is 68.1 Å². The lowest BCUT2D eigenvalue weighted by molar-refractivity contribution is 0.102. The number of aromatic nitrogens is 24. The molecule has 32 nitrogen and oxygen atoms in total. The monoisotopic (exact) mass is 1020 g/mol. The molecule has 0 bridgehead atoms. The second kappa shape index (κ2) is 17.0.